The number of ether oxygens (including phenoxy) is 1. The molecule has 0 aliphatic heterocycles. The topological polar surface area (TPSA) is 39.9 Å². The summed E-state index contributed by atoms with van der Waals surface area (Å²) in [5.41, 5.74) is 6.27. The third-order valence-electron chi connectivity index (χ3n) is 7.25. The van der Waals surface area contributed by atoms with Crippen molar-refractivity contribution in [3.63, 3.8) is 0 Å². The van der Waals surface area contributed by atoms with Crippen molar-refractivity contribution >= 4 is 21.8 Å². The van der Waals surface area contributed by atoms with Crippen LogP contribution in [0.5, 0.6) is 11.6 Å². The van der Waals surface area contributed by atoms with E-state index in [1.807, 2.05) is 42.6 Å². The first-order valence-corrected chi connectivity index (χ1v) is 13.7. The Bertz CT molecular complexity index is 1840. The molecule has 0 bridgehead atoms. The van der Waals surface area contributed by atoms with Gasteiger partial charge in [0.25, 0.3) is 0 Å². The molecule has 208 valence electrons. The molecule has 0 saturated carbocycles. The Morgan fingerprint density at radius 1 is 0.707 bits per heavy atom. The molecule has 0 radical (unpaired) electrons. The van der Waals surface area contributed by atoms with Crippen LogP contribution in [0.2, 0.25) is 0 Å². The molecule has 3 aromatic carbocycles. The molecular weight excluding hydrogens is 685 g/mol. The predicted molar refractivity (Wildman–Crippen MR) is 163 cm³/mol. The zero-order valence-corrected chi connectivity index (χ0v) is 26.5. The maximum Gasteiger partial charge on any atom is 2.00 e. The van der Waals surface area contributed by atoms with Crippen LogP contribution in [-0.2, 0) is 31.9 Å². The Kier molecular flexibility index (Phi) is 7.65. The second-order valence-electron chi connectivity index (χ2n) is 12.3. The molecule has 3 aromatic heterocycles. The molecule has 0 spiro atoms. The van der Waals surface area contributed by atoms with E-state index in [9.17, 15) is 0 Å². The maximum absolute atomic E-state index is 5.97. The van der Waals surface area contributed by atoms with Crippen molar-refractivity contribution in [3.8, 4) is 28.6 Å². The van der Waals surface area contributed by atoms with Crippen molar-refractivity contribution in [1.82, 2.24) is 14.5 Å². The van der Waals surface area contributed by atoms with E-state index < -0.39 is 0 Å². The van der Waals surface area contributed by atoms with Gasteiger partial charge < -0.3 is 9.30 Å². The molecule has 6 aromatic rings. The quantitative estimate of drug-likeness (QED) is 0.171. The summed E-state index contributed by atoms with van der Waals surface area (Å²) in [6.45, 7) is 13.5. The van der Waals surface area contributed by atoms with Crippen LogP contribution in [0, 0.1) is 12.1 Å². The Balaban J connectivity index is 0.00000337. The Morgan fingerprint density at radius 3 is 2.20 bits per heavy atom. The minimum atomic E-state index is -0.107. The molecule has 0 N–H and O–H groups in total. The van der Waals surface area contributed by atoms with Crippen molar-refractivity contribution in [2.24, 2.45) is 0 Å². The number of pyridine rings is 2. The summed E-state index contributed by atoms with van der Waals surface area (Å²) < 4.78 is 8.24. The first-order chi connectivity index (χ1) is 19.1. The van der Waals surface area contributed by atoms with Crippen LogP contribution < -0.4 is 4.74 Å². The smallest absolute Gasteiger partial charge is 0.460 e. The first-order valence-electron chi connectivity index (χ1n) is 13.7. The molecule has 0 saturated heterocycles. The zero-order chi connectivity index (χ0) is 28.1. The van der Waals surface area contributed by atoms with Gasteiger partial charge in [-0.1, -0.05) is 71.2 Å². The second kappa shape index (κ2) is 10.9. The minimum Gasteiger partial charge on any atom is -0.460 e. The number of benzene rings is 3. The standard InChI is InChI=1S/C36H33N3O.Pt/c1-35(2,3)26-22-30(36(4,5)6)34(38-23-26)39-31-15-8-7-14-28(31)29-18-17-25(21-32(29)39)24-12-11-13-27(20-24)40-33-16-9-10-19-37-33;/h7-19,22-23H,1-6H3;/q-2;+2. The monoisotopic (exact) mass is 718 g/mol. The van der Waals surface area contributed by atoms with E-state index in [4.69, 9.17) is 9.72 Å². The minimum absolute atomic E-state index is 0. The summed E-state index contributed by atoms with van der Waals surface area (Å²) >= 11 is 0. The van der Waals surface area contributed by atoms with Crippen molar-refractivity contribution in [2.75, 3.05) is 0 Å². The van der Waals surface area contributed by atoms with Crippen LogP contribution in [0.1, 0.15) is 52.7 Å². The summed E-state index contributed by atoms with van der Waals surface area (Å²) in [4.78, 5) is 9.40. The van der Waals surface area contributed by atoms with Crippen molar-refractivity contribution in [3.05, 3.63) is 115 Å². The maximum atomic E-state index is 5.97. The Morgan fingerprint density at radius 2 is 1.46 bits per heavy atom. The van der Waals surface area contributed by atoms with Gasteiger partial charge in [0.05, 0.1) is 0 Å². The molecule has 0 fully saturated rings. The molecule has 0 atom stereocenters. The van der Waals surface area contributed by atoms with Gasteiger partial charge in [-0.2, -0.15) is 24.3 Å². The van der Waals surface area contributed by atoms with E-state index in [1.165, 1.54) is 16.5 Å². The number of nitrogens with zero attached hydrogens (tertiary/aromatic N) is 3. The second-order valence-corrected chi connectivity index (χ2v) is 12.3. The first kappa shape index (κ1) is 28.8. The van der Waals surface area contributed by atoms with Gasteiger partial charge in [0.2, 0.25) is 5.88 Å². The number of aromatic nitrogens is 3. The van der Waals surface area contributed by atoms with Gasteiger partial charge in [-0.05, 0) is 45.5 Å². The van der Waals surface area contributed by atoms with E-state index in [0.29, 0.717) is 11.6 Å². The van der Waals surface area contributed by atoms with Crippen LogP contribution in [0.4, 0.5) is 0 Å². The molecule has 0 aliphatic rings. The molecule has 0 unspecified atom stereocenters. The van der Waals surface area contributed by atoms with Gasteiger partial charge in [0.15, 0.2) is 0 Å². The van der Waals surface area contributed by atoms with Crippen LogP contribution in [-0.4, -0.2) is 14.5 Å². The van der Waals surface area contributed by atoms with Gasteiger partial charge in [-0.15, -0.1) is 18.2 Å². The molecule has 0 aliphatic carbocycles. The fourth-order valence-corrected chi connectivity index (χ4v) is 5.05. The Labute approximate surface area is 256 Å². The average molecular weight is 719 g/mol. The SMILES string of the molecule is CC(C)(C)c1cnc(-n2c3[c-]c(-c4[c-]c(Oc5ccccn5)ccc4)ccc3c3ccccc32)c(C(C)(C)C)c1.[Pt+2]. The van der Waals surface area contributed by atoms with Gasteiger partial charge in [-0.3, -0.25) is 0 Å². The molecule has 6 rings (SSSR count). The number of hydrogen-bond acceptors (Lipinski definition) is 3. The number of fused-ring (bicyclic) bond motifs is 3. The van der Waals surface area contributed by atoms with Crippen molar-refractivity contribution < 1.29 is 25.8 Å². The van der Waals surface area contributed by atoms with Crippen LogP contribution in [0.3, 0.4) is 0 Å². The number of rotatable bonds is 4. The summed E-state index contributed by atoms with van der Waals surface area (Å²) in [6.07, 6.45) is 3.74. The van der Waals surface area contributed by atoms with Gasteiger partial charge in [0, 0.05) is 35.3 Å². The van der Waals surface area contributed by atoms with Crippen LogP contribution in [0.25, 0.3) is 38.8 Å². The van der Waals surface area contributed by atoms with Crippen LogP contribution in [0.15, 0.2) is 91.3 Å². The molecule has 41 heavy (non-hydrogen) atoms. The van der Waals surface area contributed by atoms with E-state index in [0.717, 1.165) is 33.4 Å². The molecular formula is C36H33N3OPt. The van der Waals surface area contributed by atoms with E-state index in [-0.39, 0.29) is 31.9 Å². The van der Waals surface area contributed by atoms with E-state index in [1.54, 1.807) is 6.20 Å². The van der Waals surface area contributed by atoms with E-state index >= 15 is 0 Å². The fourth-order valence-electron chi connectivity index (χ4n) is 5.05. The third-order valence-corrected chi connectivity index (χ3v) is 7.25. The third kappa shape index (κ3) is 5.59. The summed E-state index contributed by atoms with van der Waals surface area (Å²) in [5.74, 6) is 2.09. The fraction of sp³-hybridized carbons (Fsp3) is 0.222. The van der Waals surface area contributed by atoms with Gasteiger partial charge in [0.1, 0.15) is 5.82 Å². The van der Waals surface area contributed by atoms with Crippen LogP contribution >= 0.6 is 0 Å². The van der Waals surface area contributed by atoms with Gasteiger partial charge >= 0.3 is 21.1 Å². The zero-order valence-electron chi connectivity index (χ0n) is 24.2. The Hall–Kier alpha value is -3.75. The number of para-hydroxylation sites is 1. The molecule has 5 heteroatoms. The van der Waals surface area contributed by atoms with Crippen molar-refractivity contribution in [1.29, 1.82) is 0 Å². The number of hydrogen-bond donors (Lipinski definition) is 0. The normalized spacial score (nSPS) is 12.0. The predicted octanol–water partition coefficient (Wildman–Crippen LogP) is 9.23. The summed E-state index contributed by atoms with van der Waals surface area (Å²) in [5, 5.41) is 2.32. The van der Waals surface area contributed by atoms with Gasteiger partial charge in [-0.25, -0.2) is 21.1 Å². The molecule has 3 heterocycles. The summed E-state index contributed by atoms with van der Waals surface area (Å²) in [6, 6.07) is 33.8. The summed E-state index contributed by atoms with van der Waals surface area (Å²) in [7, 11) is 0. The molecule has 0 amide bonds. The average Bonchev–Trinajstić information content (AvgIpc) is 3.26. The molecule has 4 nitrogen and oxygen atoms in total. The van der Waals surface area contributed by atoms with E-state index in [2.05, 4.69) is 106 Å². The van der Waals surface area contributed by atoms with Crippen molar-refractivity contribution in [2.45, 2.75) is 52.4 Å². The largest absolute Gasteiger partial charge is 2.00 e.